The van der Waals surface area contributed by atoms with Gasteiger partial charge in [0, 0.05) is 11.9 Å². The van der Waals surface area contributed by atoms with Crippen molar-refractivity contribution in [3.63, 3.8) is 0 Å². The number of rotatable bonds is 9. The van der Waals surface area contributed by atoms with E-state index in [0.29, 0.717) is 6.61 Å². The van der Waals surface area contributed by atoms with Crippen molar-refractivity contribution in [2.75, 3.05) is 6.54 Å². The lowest BCUT2D eigenvalue weighted by atomic mass is 10.3. The molecule has 21 heavy (non-hydrogen) atoms. The van der Waals surface area contributed by atoms with E-state index in [1.165, 1.54) is 5.01 Å². The lowest BCUT2D eigenvalue weighted by Gasteiger charge is -2.06. The molecule has 0 bridgehead atoms. The molecular formula is C16H23N3OS. The molecule has 0 atom stereocenters. The van der Waals surface area contributed by atoms with Gasteiger partial charge in [0.1, 0.15) is 12.4 Å². The maximum Gasteiger partial charge on any atom is 0.138 e. The Morgan fingerprint density at radius 1 is 1.19 bits per heavy atom. The summed E-state index contributed by atoms with van der Waals surface area (Å²) in [7, 11) is 0. The first-order valence-corrected chi connectivity index (χ1v) is 8.41. The summed E-state index contributed by atoms with van der Waals surface area (Å²) in [4.78, 5) is 8.94. The number of aromatic nitrogens is 2. The van der Waals surface area contributed by atoms with Gasteiger partial charge in [-0.1, -0.05) is 13.8 Å². The third kappa shape index (κ3) is 5.44. The number of ether oxygens (including phenoxy) is 1. The molecule has 0 fully saturated rings. The summed E-state index contributed by atoms with van der Waals surface area (Å²) in [6, 6.07) is 3.97. The first-order valence-electron chi connectivity index (χ1n) is 7.53. The van der Waals surface area contributed by atoms with Crippen molar-refractivity contribution in [2.24, 2.45) is 0 Å². The van der Waals surface area contributed by atoms with Gasteiger partial charge in [0.05, 0.1) is 22.6 Å². The number of nitrogens with zero attached hydrogens (tertiary/aromatic N) is 2. The third-order valence-corrected chi connectivity index (χ3v) is 3.94. The standard InChI is InChI=1S/C16H23N3OS/c1-3-5-16-19-14(12-21-16)11-20-15-7-6-13(18-10-15)9-17-8-4-2/h6-7,10,12,17H,3-5,8-9,11H2,1-2H3. The van der Waals surface area contributed by atoms with Gasteiger partial charge in [-0.2, -0.15) is 0 Å². The van der Waals surface area contributed by atoms with E-state index in [4.69, 9.17) is 4.74 Å². The number of hydrogen-bond acceptors (Lipinski definition) is 5. The molecule has 0 aliphatic carbocycles. The minimum atomic E-state index is 0.509. The second kappa shape index (κ2) is 8.74. The van der Waals surface area contributed by atoms with Crippen LogP contribution >= 0.6 is 11.3 Å². The minimum absolute atomic E-state index is 0.509. The number of thiazole rings is 1. The highest BCUT2D eigenvalue weighted by molar-refractivity contribution is 7.09. The van der Waals surface area contributed by atoms with E-state index in [0.717, 1.165) is 49.5 Å². The number of pyridine rings is 1. The molecule has 0 aliphatic heterocycles. The van der Waals surface area contributed by atoms with Crippen LogP contribution in [0, 0.1) is 0 Å². The smallest absolute Gasteiger partial charge is 0.138 e. The van der Waals surface area contributed by atoms with Crippen LogP contribution in [0.5, 0.6) is 5.75 Å². The average molecular weight is 305 g/mol. The Kier molecular flexibility index (Phi) is 6.63. The Morgan fingerprint density at radius 3 is 2.81 bits per heavy atom. The van der Waals surface area contributed by atoms with E-state index < -0.39 is 0 Å². The average Bonchev–Trinajstić information content (AvgIpc) is 2.95. The predicted octanol–water partition coefficient (Wildman–Crippen LogP) is 3.57. The Morgan fingerprint density at radius 2 is 2.10 bits per heavy atom. The summed E-state index contributed by atoms with van der Waals surface area (Å²) in [5, 5.41) is 6.59. The fourth-order valence-electron chi connectivity index (χ4n) is 1.90. The maximum absolute atomic E-state index is 5.73. The van der Waals surface area contributed by atoms with Crippen molar-refractivity contribution in [2.45, 2.75) is 46.3 Å². The fraction of sp³-hybridized carbons (Fsp3) is 0.500. The summed E-state index contributed by atoms with van der Waals surface area (Å²) >= 11 is 1.71. The van der Waals surface area contributed by atoms with E-state index in [1.807, 2.05) is 12.1 Å². The molecule has 5 heteroatoms. The molecule has 0 radical (unpaired) electrons. The second-order valence-electron chi connectivity index (χ2n) is 4.93. The van der Waals surface area contributed by atoms with Gasteiger partial charge in [-0.3, -0.25) is 4.98 Å². The van der Waals surface area contributed by atoms with E-state index in [2.05, 4.69) is 34.5 Å². The number of aryl methyl sites for hydroxylation is 1. The summed E-state index contributed by atoms with van der Waals surface area (Å²) in [6.45, 7) is 6.65. The maximum atomic E-state index is 5.73. The zero-order valence-electron chi connectivity index (χ0n) is 12.8. The predicted molar refractivity (Wildman–Crippen MR) is 86.7 cm³/mol. The highest BCUT2D eigenvalue weighted by atomic mass is 32.1. The summed E-state index contributed by atoms with van der Waals surface area (Å²) in [5.74, 6) is 0.791. The minimum Gasteiger partial charge on any atom is -0.486 e. The molecule has 0 amide bonds. The molecule has 2 rings (SSSR count). The first kappa shape index (κ1) is 15.9. The fourth-order valence-corrected chi connectivity index (χ4v) is 2.78. The van der Waals surface area contributed by atoms with Gasteiger partial charge in [-0.25, -0.2) is 4.98 Å². The molecule has 114 valence electrons. The highest BCUT2D eigenvalue weighted by Crippen LogP contribution is 2.15. The van der Waals surface area contributed by atoms with Gasteiger partial charge in [0.2, 0.25) is 0 Å². The van der Waals surface area contributed by atoms with Crippen LogP contribution in [0.1, 0.15) is 43.1 Å². The van der Waals surface area contributed by atoms with Crippen LogP contribution in [0.3, 0.4) is 0 Å². The monoisotopic (exact) mass is 305 g/mol. The zero-order valence-corrected chi connectivity index (χ0v) is 13.6. The van der Waals surface area contributed by atoms with Gasteiger partial charge in [-0.15, -0.1) is 11.3 Å². The summed E-state index contributed by atoms with van der Waals surface area (Å²) in [6.07, 6.45) is 5.09. The van der Waals surface area contributed by atoms with Gasteiger partial charge in [0.15, 0.2) is 0 Å². The lowest BCUT2D eigenvalue weighted by molar-refractivity contribution is 0.300. The van der Waals surface area contributed by atoms with Crippen LogP contribution < -0.4 is 10.1 Å². The van der Waals surface area contributed by atoms with Crippen LogP contribution in [-0.2, 0) is 19.6 Å². The summed E-state index contributed by atoms with van der Waals surface area (Å²) in [5.41, 5.74) is 2.03. The van der Waals surface area contributed by atoms with Gasteiger partial charge in [-0.05, 0) is 37.9 Å². The van der Waals surface area contributed by atoms with Crippen molar-refractivity contribution in [3.8, 4) is 5.75 Å². The highest BCUT2D eigenvalue weighted by Gasteiger charge is 2.03. The van der Waals surface area contributed by atoms with E-state index in [9.17, 15) is 0 Å². The Hall–Kier alpha value is -1.46. The van der Waals surface area contributed by atoms with Crippen LogP contribution in [0.25, 0.3) is 0 Å². The van der Waals surface area contributed by atoms with Crippen molar-refractivity contribution in [3.05, 3.63) is 40.1 Å². The first-order chi connectivity index (χ1) is 10.3. The van der Waals surface area contributed by atoms with Crippen LogP contribution in [0.2, 0.25) is 0 Å². The molecule has 4 nitrogen and oxygen atoms in total. The molecule has 2 heterocycles. The third-order valence-electron chi connectivity index (χ3n) is 2.98. The van der Waals surface area contributed by atoms with Crippen molar-refractivity contribution in [1.29, 1.82) is 0 Å². The van der Waals surface area contributed by atoms with Gasteiger partial charge < -0.3 is 10.1 Å². The Balaban J connectivity index is 1.79. The Labute approximate surface area is 130 Å². The van der Waals surface area contributed by atoms with E-state index in [-0.39, 0.29) is 0 Å². The number of nitrogens with one attached hydrogen (secondary N) is 1. The second-order valence-corrected chi connectivity index (χ2v) is 5.88. The number of hydrogen-bond donors (Lipinski definition) is 1. The van der Waals surface area contributed by atoms with Crippen LogP contribution in [-0.4, -0.2) is 16.5 Å². The molecule has 2 aromatic rings. The van der Waals surface area contributed by atoms with Crippen molar-refractivity contribution in [1.82, 2.24) is 15.3 Å². The zero-order chi connectivity index (χ0) is 14.9. The van der Waals surface area contributed by atoms with Gasteiger partial charge >= 0.3 is 0 Å². The normalized spacial score (nSPS) is 10.8. The molecule has 0 spiro atoms. The van der Waals surface area contributed by atoms with Crippen LogP contribution in [0.15, 0.2) is 23.7 Å². The van der Waals surface area contributed by atoms with Crippen molar-refractivity contribution >= 4 is 11.3 Å². The largest absolute Gasteiger partial charge is 0.486 e. The molecule has 0 saturated heterocycles. The molecule has 0 saturated carbocycles. The molecule has 0 unspecified atom stereocenters. The van der Waals surface area contributed by atoms with Crippen molar-refractivity contribution < 1.29 is 4.74 Å². The Bertz CT molecular complexity index is 525. The summed E-state index contributed by atoms with van der Waals surface area (Å²) < 4.78 is 5.73. The van der Waals surface area contributed by atoms with Crippen LogP contribution in [0.4, 0.5) is 0 Å². The SMILES string of the molecule is CCCNCc1ccc(OCc2csc(CCC)n2)cn1. The molecule has 1 N–H and O–H groups in total. The molecule has 0 aromatic carbocycles. The topological polar surface area (TPSA) is 47.0 Å². The lowest BCUT2D eigenvalue weighted by Crippen LogP contribution is -2.14. The van der Waals surface area contributed by atoms with E-state index in [1.54, 1.807) is 17.5 Å². The molecule has 2 aromatic heterocycles. The molecular weight excluding hydrogens is 282 g/mol. The quantitative estimate of drug-likeness (QED) is 0.720. The van der Waals surface area contributed by atoms with Gasteiger partial charge in [0.25, 0.3) is 0 Å². The molecule has 0 aliphatic rings. The van der Waals surface area contributed by atoms with E-state index >= 15 is 0 Å².